The molecule has 3 heterocycles. The minimum atomic E-state index is -0.553. The summed E-state index contributed by atoms with van der Waals surface area (Å²) in [6.07, 6.45) is 3.56. The van der Waals surface area contributed by atoms with E-state index in [-0.39, 0.29) is 12.1 Å². The topological polar surface area (TPSA) is 53.4 Å². The number of likely N-dealkylation sites (tertiary alicyclic amines) is 1. The minimum absolute atomic E-state index is 0.0992. The SMILES string of the molecule is O=C1NCCN1c1cnn(C2CN(Cc3cc(F)cc(F)c3)C2)c1. The van der Waals surface area contributed by atoms with Crippen LogP contribution in [0, 0.1) is 11.6 Å². The molecule has 2 amide bonds. The second-order valence-corrected chi connectivity index (χ2v) is 6.19. The molecule has 0 bridgehead atoms. The Balaban J connectivity index is 1.36. The fraction of sp³-hybridized carbons (Fsp3) is 0.375. The number of anilines is 1. The van der Waals surface area contributed by atoms with E-state index in [2.05, 4.69) is 15.3 Å². The highest BCUT2D eigenvalue weighted by molar-refractivity contribution is 5.93. The van der Waals surface area contributed by atoms with E-state index in [0.717, 1.165) is 24.8 Å². The molecule has 0 atom stereocenters. The summed E-state index contributed by atoms with van der Waals surface area (Å²) in [7, 11) is 0. The maximum Gasteiger partial charge on any atom is 0.322 e. The van der Waals surface area contributed by atoms with Crippen LogP contribution in [0.4, 0.5) is 19.3 Å². The summed E-state index contributed by atoms with van der Waals surface area (Å²) in [5, 5.41) is 7.09. The highest BCUT2D eigenvalue weighted by Gasteiger charge is 2.30. The van der Waals surface area contributed by atoms with E-state index in [1.807, 2.05) is 10.9 Å². The van der Waals surface area contributed by atoms with Crippen LogP contribution in [0.2, 0.25) is 0 Å². The summed E-state index contributed by atoms with van der Waals surface area (Å²) in [5.41, 5.74) is 1.41. The van der Waals surface area contributed by atoms with Crippen LogP contribution < -0.4 is 10.2 Å². The number of hydrogen-bond donors (Lipinski definition) is 1. The quantitative estimate of drug-likeness (QED) is 0.927. The molecule has 2 aromatic rings. The van der Waals surface area contributed by atoms with Crippen molar-refractivity contribution >= 4 is 11.7 Å². The van der Waals surface area contributed by atoms with Crippen LogP contribution >= 0.6 is 0 Å². The van der Waals surface area contributed by atoms with Crippen molar-refractivity contribution in [3.05, 3.63) is 47.8 Å². The lowest BCUT2D eigenvalue weighted by Gasteiger charge is -2.39. The van der Waals surface area contributed by atoms with Crippen LogP contribution in [0.25, 0.3) is 0 Å². The van der Waals surface area contributed by atoms with Gasteiger partial charge in [0.05, 0.1) is 17.9 Å². The average molecular weight is 333 g/mol. The van der Waals surface area contributed by atoms with Crippen molar-refractivity contribution in [2.75, 3.05) is 31.1 Å². The number of carbonyl (C=O) groups is 1. The molecular formula is C16H17F2N5O. The van der Waals surface area contributed by atoms with Crippen molar-refractivity contribution in [2.24, 2.45) is 0 Å². The number of amides is 2. The van der Waals surface area contributed by atoms with Gasteiger partial charge in [0, 0.05) is 45.0 Å². The molecule has 8 heteroatoms. The van der Waals surface area contributed by atoms with E-state index in [4.69, 9.17) is 0 Å². The van der Waals surface area contributed by atoms with Gasteiger partial charge in [0.1, 0.15) is 11.6 Å². The zero-order chi connectivity index (χ0) is 16.7. The van der Waals surface area contributed by atoms with Crippen molar-refractivity contribution in [3.63, 3.8) is 0 Å². The van der Waals surface area contributed by atoms with Crippen LogP contribution in [0.1, 0.15) is 11.6 Å². The minimum Gasteiger partial charge on any atom is -0.336 e. The van der Waals surface area contributed by atoms with E-state index in [0.29, 0.717) is 25.2 Å². The Kier molecular flexibility index (Phi) is 3.68. The van der Waals surface area contributed by atoms with Gasteiger partial charge in [-0.2, -0.15) is 5.10 Å². The van der Waals surface area contributed by atoms with Crippen LogP contribution in [0.3, 0.4) is 0 Å². The standard InChI is InChI=1S/C16H17F2N5O/c17-12-3-11(4-13(18)5-12)7-21-8-15(9-21)23-10-14(6-20-23)22-2-1-19-16(22)24/h3-6,10,15H,1-2,7-9H2,(H,19,24). The second kappa shape index (κ2) is 5.86. The number of rotatable bonds is 4. The number of benzene rings is 1. The third-order valence-corrected chi connectivity index (χ3v) is 4.40. The molecule has 2 saturated heterocycles. The predicted octanol–water partition coefficient (Wildman–Crippen LogP) is 1.75. The van der Waals surface area contributed by atoms with Crippen LogP contribution in [-0.2, 0) is 6.54 Å². The number of nitrogens with zero attached hydrogens (tertiary/aromatic N) is 4. The van der Waals surface area contributed by atoms with Gasteiger partial charge in [-0.25, -0.2) is 13.6 Å². The lowest BCUT2D eigenvalue weighted by molar-refractivity contribution is 0.0907. The molecule has 2 aliphatic rings. The van der Waals surface area contributed by atoms with E-state index in [9.17, 15) is 13.6 Å². The largest absolute Gasteiger partial charge is 0.336 e. The van der Waals surface area contributed by atoms with Gasteiger partial charge in [0.2, 0.25) is 0 Å². The van der Waals surface area contributed by atoms with Gasteiger partial charge in [-0.05, 0) is 17.7 Å². The van der Waals surface area contributed by atoms with E-state index < -0.39 is 11.6 Å². The molecule has 0 radical (unpaired) electrons. The molecule has 6 nitrogen and oxygen atoms in total. The molecule has 1 aromatic carbocycles. The molecule has 4 rings (SSSR count). The zero-order valence-electron chi connectivity index (χ0n) is 13.0. The number of nitrogens with one attached hydrogen (secondary N) is 1. The van der Waals surface area contributed by atoms with Crippen molar-refractivity contribution < 1.29 is 13.6 Å². The molecule has 126 valence electrons. The first-order valence-corrected chi connectivity index (χ1v) is 7.85. The maximum atomic E-state index is 13.2. The number of urea groups is 1. The molecule has 0 unspecified atom stereocenters. The van der Waals surface area contributed by atoms with Crippen LogP contribution in [-0.4, -0.2) is 46.9 Å². The monoisotopic (exact) mass is 333 g/mol. The molecule has 2 fully saturated rings. The Labute approximate surface area is 137 Å². The van der Waals surface area contributed by atoms with Gasteiger partial charge in [-0.15, -0.1) is 0 Å². The van der Waals surface area contributed by atoms with Gasteiger partial charge in [0.25, 0.3) is 0 Å². The molecule has 0 saturated carbocycles. The number of halogens is 2. The molecule has 1 aromatic heterocycles. The second-order valence-electron chi connectivity index (χ2n) is 6.19. The summed E-state index contributed by atoms with van der Waals surface area (Å²) in [6, 6.07) is 3.70. The lowest BCUT2D eigenvalue weighted by atomic mass is 10.1. The molecule has 0 aliphatic carbocycles. The van der Waals surface area contributed by atoms with Crippen molar-refractivity contribution in [1.82, 2.24) is 20.0 Å². The number of aromatic nitrogens is 2. The Morgan fingerprint density at radius 2 is 1.96 bits per heavy atom. The third-order valence-electron chi connectivity index (χ3n) is 4.40. The summed E-state index contributed by atoms with van der Waals surface area (Å²) in [6.45, 7) is 3.31. The number of carbonyl (C=O) groups excluding carboxylic acids is 1. The van der Waals surface area contributed by atoms with Crippen LogP contribution in [0.5, 0.6) is 0 Å². The van der Waals surface area contributed by atoms with Gasteiger partial charge in [-0.1, -0.05) is 0 Å². The fourth-order valence-corrected chi connectivity index (χ4v) is 3.18. The van der Waals surface area contributed by atoms with Gasteiger partial charge < -0.3 is 5.32 Å². The van der Waals surface area contributed by atoms with Gasteiger partial charge in [0.15, 0.2) is 0 Å². The third kappa shape index (κ3) is 2.84. The predicted molar refractivity (Wildman–Crippen MR) is 83.6 cm³/mol. The van der Waals surface area contributed by atoms with Gasteiger partial charge in [-0.3, -0.25) is 14.5 Å². The maximum absolute atomic E-state index is 13.2. The molecule has 24 heavy (non-hydrogen) atoms. The lowest BCUT2D eigenvalue weighted by Crippen LogP contribution is -2.47. The molecular weight excluding hydrogens is 316 g/mol. The molecule has 1 N–H and O–H groups in total. The fourth-order valence-electron chi connectivity index (χ4n) is 3.18. The van der Waals surface area contributed by atoms with Crippen molar-refractivity contribution in [3.8, 4) is 0 Å². The van der Waals surface area contributed by atoms with Crippen molar-refractivity contribution in [1.29, 1.82) is 0 Å². The van der Waals surface area contributed by atoms with Crippen LogP contribution in [0.15, 0.2) is 30.6 Å². The van der Waals surface area contributed by atoms with E-state index in [1.54, 1.807) is 11.1 Å². The molecule has 0 spiro atoms. The van der Waals surface area contributed by atoms with E-state index >= 15 is 0 Å². The first-order chi connectivity index (χ1) is 11.6. The normalized spacial score (nSPS) is 18.8. The smallest absolute Gasteiger partial charge is 0.322 e. The average Bonchev–Trinajstić information content (AvgIpc) is 3.09. The van der Waals surface area contributed by atoms with Gasteiger partial charge >= 0.3 is 6.03 Å². The Hall–Kier alpha value is -2.48. The summed E-state index contributed by atoms with van der Waals surface area (Å²) in [5.74, 6) is -1.11. The molecule has 2 aliphatic heterocycles. The highest BCUT2D eigenvalue weighted by Crippen LogP contribution is 2.25. The highest BCUT2D eigenvalue weighted by atomic mass is 19.1. The first-order valence-electron chi connectivity index (χ1n) is 7.85. The Bertz CT molecular complexity index is 751. The van der Waals surface area contributed by atoms with Crippen molar-refractivity contribution in [2.45, 2.75) is 12.6 Å². The zero-order valence-corrected chi connectivity index (χ0v) is 13.0. The van der Waals surface area contributed by atoms with E-state index in [1.165, 1.54) is 12.1 Å². The summed E-state index contributed by atoms with van der Waals surface area (Å²) in [4.78, 5) is 15.4. The Morgan fingerprint density at radius 3 is 2.62 bits per heavy atom. The summed E-state index contributed by atoms with van der Waals surface area (Å²) >= 11 is 0. The number of hydrogen-bond acceptors (Lipinski definition) is 3. The Morgan fingerprint density at radius 1 is 1.21 bits per heavy atom. The summed E-state index contributed by atoms with van der Waals surface area (Å²) < 4.78 is 28.3. The first kappa shape index (κ1) is 15.1.